The summed E-state index contributed by atoms with van der Waals surface area (Å²) >= 11 is 1.82. The highest BCUT2D eigenvalue weighted by Gasteiger charge is 2.14. The number of likely N-dealkylation sites (N-methyl/N-ethyl adjacent to an activating group) is 1. The number of nitrogens with one attached hydrogen (secondary N) is 1. The van der Waals surface area contributed by atoms with Crippen LogP contribution in [0, 0.1) is 0 Å². The van der Waals surface area contributed by atoms with Gasteiger partial charge in [-0.2, -0.15) is 0 Å². The van der Waals surface area contributed by atoms with Crippen LogP contribution in [0.2, 0.25) is 0 Å². The quantitative estimate of drug-likeness (QED) is 0.806. The smallest absolute Gasteiger partial charge is 0.0672 e. The first-order valence-electron chi connectivity index (χ1n) is 5.54. The minimum absolute atomic E-state index is 0.297. The van der Waals surface area contributed by atoms with Crippen molar-refractivity contribution in [2.24, 2.45) is 0 Å². The van der Waals surface area contributed by atoms with Gasteiger partial charge >= 0.3 is 0 Å². The number of rotatable bonds is 6. The van der Waals surface area contributed by atoms with E-state index in [-0.39, 0.29) is 0 Å². The first kappa shape index (κ1) is 12.7. The summed E-state index contributed by atoms with van der Waals surface area (Å²) in [6.45, 7) is 7.09. The van der Waals surface area contributed by atoms with Crippen LogP contribution in [0.1, 0.15) is 37.3 Å². The minimum Gasteiger partial charge on any atom is -0.377 e. The van der Waals surface area contributed by atoms with E-state index in [4.69, 9.17) is 4.74 Å². The molecule has 0 spiro atoms. The number of aryl methyl sites for hydroxylation is 1. The predicted molar refractivity (Wildman–Crippen MR) is 66.6 cm³/mol. The van der Waals surface area contributed by atoms with Crippen LogP contribution in [-0.4, -0.2) is 19.8 Å². The van der Waals surface area contributed by atoms with E-state index in [0.29, 0.717) is 12.1 Å². The molecule has 1 aromatic heterocycles. The molecular weight excluding hydrogens is 206 g/mol. The molecule has 1 aromatic rings. The zero-order valence-electron chi connectivity index (χ0n) is 10.0. The maximum absolute atomic E-state index is 5.66. The zero-order chi connectivity index (χ0) is 11.3. The first-order valence-corrected chi connectivity index (χ1v) is 6.42. The van der Waals surface area contributed by atoms with E-state index >= 15 is 0 Å². The van der Waals surface area contributed by atoms with Crippen LogP contribution in [-0.2, 0) is 11.2 Å². The van der Waals surface area contributed by atoms with E-state index in [1.54, 1.807) is 0 Å². The van der Waals surface area contributed by atoms with Gasteiger partial charge in [-0.15, -0.1) is 11.3 Å². The molecule has 1 rings (SSSR count). The molecule has 0 aromatic carbocycles. The maximum Gasteiger partial charge on any atom is 0.0672 e. The highest BCUT2D eigenvalue weighted by atomic mass is 32.1. The summed E-state index contributed by atoms with van der Waals surface area (Å²) in [7, 11) is 1.99. The Balaban J connectivity index is 2.65. The molecule has 0 radical (unpaired) electrons. The summed E-state index contributed by atoms with van der Waals surface area (Å²) in [6.07, 6.45) is 1.39. The minimum atomic E-state index is 0.297. The molecule has 3 heteroatoms. The van der Waals surface area contributed by atoms with Gasteiger partial charge in [0.1, 0.15) is 0 Å². The van der Waals surface area contributed by atoms with Crippen molar-refractivity contribution in [1.82, 2.24) is 5.32 Å². The van der Waals surface area contributed by atoms with Crippen molar-refractivity contribution in [2.75, 3.05) is 13.7 Å². The Morgan fingerprint density at radius 3 is 2.73 bits per heavy atom. The van der Waals surface area contributed by atoms with Gasteiger partial charge in [-0.25, -0.2) is 0 Å². The predicted octanol–water partition coefficient (Wildman–Crippen LogP) is 3.00. The summed E-state index contributed by atoms with van der Waals surface area (Å²) in [6, 6.07) is 2.54. The van der Waals surface area contributed by atoms with Crippen molar-refractivity contribution in [3.8, 4) is 0 Å². The van der Waals surface area contributed by atoms with Gasteiger partial charge < -0.3 is 10.1 Å². The third kappa shape index (κ3) is 3.59. The second-order valence-corrected chi connectivity index (χ2v) is 4.83. The molecule has 1 N–H and O–H groups in total. The molecule has 1 atom stereocenters. The maximum atomic E-state index is 5.66. The van der Waals surface area contributed by atoms with E-state index in [2.05, 4.69) is 37.5 Å². The van der Waals surface area contributed by atoms with Crippen LogP contribution >= 0.6 is 11.3 Å². The van der Waals surface area contributed by atoms with Crippen molar-refractivity contribution in [2.45, 2.75) is 39.3 Å². The van der Waals surface area contributed by atoms with Gasteiger partial charge in [0.2, 0.25) is 0 Å². The Labute approximate surface area is 96.7 Å². The fraction of sp³-hybridized carbons (Fsp3) is 0.667. The molecule has 0 saturated heterocycles. The summed E-state index contributed by atoms with van der Waals surface area (Å²) < 4.78 is 5.66. The Morgan fingerprint density at radius 2 is 2.20 bits per heavy atom. The topological polar surface area (TPSA) is 21.3 Å². The van der Waals surface area contributed by atoms with Gasteiger partial charge in [0.05, 0.1) is 18.8 Å². The van der Waals surface area contributed by atoms with Crippen LogP contribution in [0.3, 0.4) is 0 Å². The van der Waals surface area contributed by atoms with E-state index < -0.39 is 0 Å². The highest BCUT2D eigenvalue weighted by molar-refractivity contribution is 7.10. The third-order valence-electron chi connectivity index (χ3n) is 2.42. The molecule has 15 heavy (non-hydrogen) atoms. The lowest BCUT2D eigenvalue weighted by Crippen LogP contribution is -2.23. The second-order valence-electron chi connectivity index (χ2n) is 3.89. The molecule has 0 aliphatic heterocycles. The van der Waals surface area contributed by atoms with Crippen molar-refractivity contribution in [1.29, 1.82) is 0 Å². The van der Waals surface area contributed by atoms with Crippen LogP contribution < -0.4 is 5.32 Å². The number of ether oxygens (including phenoxy) is 1. The number of thiophene rings is 1. The van der Waals surface area contributed by atoms with Crippen molar-refractivity contribution in [3.63, 3.8) is 0 Å². The van der Waals surface area contributed by atoms with Gasteiger partial charge in [-0.1, -0.05) is 6.92 Å². The summed E-state index contributed by atoms with van der Waals surface area (Å²) in [5.41, 5.74) is 1.44. The van der Waals surface area contributed by atoms with Crippen LogP contribution in [0.15, 0.2) is 11.4 Å². The molecule has 0 aliphatic rings. The van der Waals surface area contributed by atoms with Crippen molar-refractivity contribution >= 4 is 11.3 Å². The largest absolute Gasteiger partial charge is 0.377 e. The molecule has 0 amide bonds. The average molecular weight is 227 g/mol. The Bertz CT molecular complexity index is 283. The summed E-state index contributed by atoms with van der Waals surface area (Å²) in [5.74, 6) is 0. The molecule has 1 unspecified atom stereocenters. The fourth-order valence-electron chi connectivity index (χ4n) is 1.52. The van der Waals surface area contributed by atoms with E-state index in [1.165, 1.54) is 10.4 Å². The Hall–Kier alpha value is -0.380. The lowest BCUT2D eigenvalue weighted by Gasteiger charge is -2.18. The van der Waals surface area contributed by atoms with Gasteiger partial charge in [-0.05, 0) is 44.3 Å². The third-order valence-corrected chi connectivity index (χ3v) is 3.50. The molecule has 0 fully saturated rings. The number of hydrogen-bond acceptors (Lipinski definition) is 3. The molecular formula is C12H21NOS. The molecule has 86 valence electrons. The zero-order valence-corrected chi connectivity index (χ0v) is 10.9. The lowest BCUT2D eigenvalue weighted by molar-refractivity contribution is 0.0631. The van der Waals surface area contributed by atoms with Crippen molar-refractivity contribution < 1.29 is 4.74 Å². The standard InChI is InChI=1S/C12H21NOS/c1-5-10-6-7-15-12(10)11(13-4)8-14-9(2)3/h6-7,9,11,13H,5,8H2,1-4H3. The average Bonchev–Trinajstić information content (AvgIpc) is 2.66. The number of hydrogen-bond donors (Lipinski definition) is 1. The van der Waals surface area contributed by atoms with Crippen LogP contribution in [0.4, 0.5) is 0 Å². The van der Waals surface area contributed by atoms with Crippen LogP contribution in [0.25, 0.3) is 0 Å². The monoisotopic (exact) mass is 227 g/mol. The molecule has 0 aliphatic carbocycles. The van der Waals surface area contributed by atoms with Crippen LogP contribution in [0.5, 0.6) is 0 Å². The normalized spacial score (nSPS) is 13.4. The molecule has 1 heterocycles. The van der Waals surface area contributed by atoms with E-state index in [9.17, 15) is 0 Å². The van der Waals surface area contributed by atoms with Gasteiger partial charge in [0, 0.05) is 4.88 Å². The second kappa shape index (κ2) is 6.26. The molecule has 0 bridgehead atoms. The van der Waals surface area contributed by atoms with Gasteiger partial charge in [0.15, 0.2) is 0 Å². The SMILES string of the molecule is CCc1ccsc1C(COC(C)C)NC. The fourth-order valence-corrected chi connectivity index (χ4v) is 2.62. The molecule has 2 nitrogen and oxygen atoms in total. The molecule has 0 saturated carbocycles. The Kier molecular flexibility index (Phi) is 5.29. The van der Waals surface area contributed by atoms with Crippen molar-refractivity contribution in [3.05, 3.63) is 21.9 Å². The van der Waals surface area contributed by atoms with Gasteiger partial charge in [0.25, 0.3) is 0 Å². The van der Waals surface area contributed by atoms with Gasteiger partial charge in [-0.3, -0.25) is 0 Å². The summed E-state index contributed by atoms with van der Waals surface area (Å²) in [4.78, 5) is 1.42. The summed E-state index contributed by atoms with van der Waals surface area (Å²) in [5, 5.41) is 5.48. The highest BCUT2D eigenvalue weighted by Crippen LogP contribution is 2.25. The Morgan fingerprint density at radius 1 is 1.47 bits per heavy atom. The van der Waals surface area contributed by atoms with E-state index in [1.807, 2.05) is 18.4 Å². The first-order chi connectivity index (χ1) is 7.19. The van der Waals surface area contributed by atoms with E-state index in [0.717, 1.165) is 13.0 Å². The lowest BCUT2D eigenvalue weighted by atomic mass is 10.1.